The molecule has 5 heteroatoms. The van der Waals surface area contributed by atoms with Crippen LogP contribution < -0.4 is 0 Å². The number of hydrogen-bond acceptors (Lipinski definition) is 3. The first kappa shape index (κ1) is 7.63. The van der Waals surface area contributed by atoms with Gasteiger partial charge in [0, 0.05) is 6.26 Å². The molecule has 0 aliphatic carbocycles. The van der Waals surface area contributed by atoms with Crippen molar-refractivity contribution >= 4 is 21.4 Å². The second-order valence-electron chi connectivity index (χ2n) is 1.86. The monoisotopic (exact) mass is 180 g/mol. The Morgan fingerprint density at radius 3 is 2.30 bits per heavy atom. The van der Waals surface area contributed by atoms with Crippen LogP contribution in [0.1, 0.15) is 0 Å². The molecule has 0 N–H and O–H groups in total. The van der Waals surface area contributed by atoms with Gasteiger partial charge in [-0.2, -0.15) is 0 Å². The molecule has 0 unspecified atom stereocenters. The van der Waals surface area contributed by atoms with E-state index < -0.39 is 9.84 Å². The van der Waals surface area contributed by atoms with E-state index in [2.05, 4.69) is 4.42 Å². The van der Waals surface area contributed by atoms with Gasteiger partial charge in [-0.1, -0.05) is 11.6 Å². The normalized spacial score (nSPS) is 11.8. The lowest BCUT2D eigenvalue weighted by molar-refractivity contribution is 0.557. The summed E-state index contributed by atoms with van der Waals surface area (Å²) in [6.45, 7) is 0. The minimum atomic E-state index is -3.22. The average molecular weight is 181 g/mol. The summed E-state index contributed by atoms with van der Waals surface area (Å²) < 4.78 is 26.1. The molecule has 56 valence electrons. The van der Waals surface area contributed by atoms with Crippen molar-refractivity contribution in [2.75, 3.05) is 6.26 Å². The maximum Gasteiger partial charge on any atom is 0.180 e. The minimum Gasteiger partial charge on any atom is -0.470 e. The first-order chi connectivity index (χ1) is 4.52. The summed E-state index contributed by atoms with van der Waals surface area (Å²) in [6.07, 6.45) is 3.36. The topological polar surface area (TPSA) is 47.3 Å². The van der Waals surface area contributed by atoms with Crippen LogP contribution in [0.2, 0.25) is 5.02 Å². The van der Waals surface area contributed by atoms with Crippen LogP contribution in [0.3, 0.4) is 0 Å². The van der Waals surface area contributed by atoms with E-state index in [4.69, 9.17) is 11.6 Å². The minimum absolute atomic E-state index is 0.0363. The number of furan rings is 1. The van der Waals surface area contributed by atoms with Gasteiger partial charge < -0.3 is 4.42 Å². The van der Waals surface area contributed by atoms with E-state index in [-0.39, 0.29) is 9.92 Å². The third-order valence-electron chi connectivity index (χ3n) is 0.981. The fourth-order valence-corrected chi connectivity index (χ4v) is 1.68. The van der Waals surface area contributed by atoms with Gasteiger partial charge in [0.2, 0.25) is 0 Å². The summed E-state index contributed by atoms with van der Waals surface area (Å²) in [5.41, 5.74) is 0. The third kappa shape index (κ3) is 1.33. The molecular formula is C5H5ClO3S. The molecule has 0 fully saturated rings. The Labute approximate surface area is 63.5 Å². The van der Waals surface area contributed by atoms with Gasteiger partial charge in [-0.05, 0) is 0 Å². The molecule has 1 aromatic heterocycles. The van der Waals surface area contributed by atoms with Crippen molar-refractivity contribution in [3.63, 3.8) is 0 Å². The molecule has 3 nitrogen and oxygen atoms in total. The van der Waals surface area contributed by atoms with Crippen LogP contribution in [0.5, 0.6) is 0 Å². The van der Waals surface area contributed by atoms with Gasteiger partial charge in [0.1, 0.15) is 17.4 Å². The molecule has 0 aliphatic heterocycles. The van der Waals surface area contributed by atoms with Gasteiger partial charge in [-0.15, -0.1) is 0 Å². The fraction of sp³-hybridized carbons (Fsp3) is 0.200. The Kier molecular flexibility index (Phi) is 1.74. The average Bonchev–Trinajstić information content (AvgIpc) is 2.11. The zero-order chi connectivity index (χ0) is 7.78. The number of halogens is 1. The molecule has 0 radical (unpaired) electrons. The molecule has 0 spiro atoms. The second kappa shape index (κ2) is 2.29. The van der Waals surface area contributed by atoms with Gasteiger partial charge in [-0.3, -0.25) is 0 Å². The molecule has 0 aromatic carbocycles. The lowest BCUT2D eigenvalue weighted by atomic mass is 10.7. The van der Waals surface area contributed by atoms with Gasteiger partial charge in [0.05, 0.1) is 5.02 Å². The smallest absolute Gasteiger partial charge is 0.180 e. The molecule has 1 heterocycles. The standard InChI is InChI=1S/C5H5ClO3S/c1-10(7,8)5-3-9-2-4(5)6/h2-3H,1H3. The molecule has 0 saturated heterocycles. The quantitative estimate of drug-likeness (QED) is 0.655. The molecule has 1 rings (SSSR count). The van der Waals surface area contributed by atoms with E-state index in [9.17, 15) is 8.42 Å². The largest absolute Gasteiger partial charge is 0.470 e. The van der Waals surface area contributed by atoms with Crippen LogP contribution in [-0.2, 0) is 9.84 Å². The first-order valence-corrected chi connectivity index (χ1v) is 4.70. The third-order valence-corrected chi connectivity index (χ3v) is 2.50. The molecular weight excluding hydrogens is 176 g/mol. The molecule has 0 amide bonds. The van der Waals surface area contributed by atoms with Crippen molar-refractivity contribution < 1.29 is 12.8 Å². The zero-order valence-electron chi connectivity index (χ0n) is 5.17. The van der Waals surface area contributed by atoms with E-state index in [0.29, 0.717) is 0 Å². The second-order valence-corrected chi connectivity index (χ2v) is 4.25. The lowest BCUT2D eigenvalue weighted by Crippen LogP contribution is -1.94. The number of sulfone groups is 1. The first-order valence-electron chi connectivity index (χ1n) is 2.43. The SMILES string of the molecule is CS(=O)(=O)c1cocc1Cl. The highest BCUT2D eigenvalue weighted by molar-refractivity contribution is 7.90. The Hall–Kier alpha value is -0.480. The van der Waals surface area contributed by atoms with E-state index in [0.717, 1.165) is 12.5 Å². The van der Waals surface area contributed by atoms with Gasteiger partial charge in [-0.25, -0.2) is 8.42 Å². The van der Waals surface area contributed by atoms with E-state index in [1.54, 1.807) is 0 Å². The molecule has 0 saturated carbocycles. The maximum atomic E-state index is 10.8. The highest BCUT2D eigenvalue weighted by Gasteiger charge is 2.13. The summed E-state index contributed by atoms with van der Waals surface area (Å²) in [6, 6.07) is 0. The Morgan fingerprint density at radius 2 is 2.10 bits per heavy atom. The van der Waals surface area contributed by atoms with Crippen molar-refractivity contribution in [2.45, 2.75) is 4.90 Å². The van der Waals surface area contributed by atoms with Crippen molar-refractivity contribution in [3.8, 4) is 0 Å². The van der Waals surface area contributed by atoms with Gasteiger partial charge >= 0.3 is 0 Å². The maximum absolute atomic E-state index is 10.8. The van der Waals surface area contributed by atoms with E-state index in [1.807, 2.05) is 0 Å². The zero-order valence-corrected chi connectivity index (χ0v) is 6.74. The summed E-state index contributed by atoms with van der Waals surface area (Å²) in [5, 5.41) is 0.127. The molecule has 0 bridgehead atoms. The predicted octanol–water partition coefficient (Wildman–Crippen LogP) is 1.34. The van der Waals surface area contributed by atoms with Crippen molar-refractivity contribution in [2.24, 2.45) is 0 Å². The van der Waals surface area contributed by atoms with Gasteiger partial charge in [0.25, 0.3) is 0 Å². The summed E-state index contributed by atoms with van der Waals surface area (Å²) >= 11 is 5.45. The highest BCUT2D eigenvalue weighted by Crippen LogP contribution is 2.21. The highest BCUT2D eigenvalue weighted by atomic mass is 35.5. The van der Waals surface area contributed by atoms with Crippen molar-refractivity contribution in [1.82, 2.24) is 0 Å². The molecule has 1 aromatic rings. The molecule has 0 aliphatic rings. The van der Waals surface area contributed by atoms with Crippen LogP contribution in [0.25, 0.3) is 0 Å². The molecule has 10 heavy (non-hydrogen) atoms. The summed E-state index contributed by atoms with van der Waals surface area (Å²) in [7, 11) is -3.22. The fourth-order valence-electron chi connectivity index (χ4n) is 0.534. The van der Waals surface area contributed by atoms with Crippen LogP contribution in [0.15, 0.2) is 21.8 Å². The number of rotatable bonds is 1. The van der Waals surface area contributed by atoms with Crippen LogP contribution >= 0.6 is 11.6 Å². The Morgan fingerprint density at radius 1 is 1.50 bits per heavy atom. The van der Waals surface area contributed by atoms with E-state index >= 15 is 0 Å². The van der Waals surface area contributed by atoms with Gasteiger partial charge in [0.15, 0.2) is 9.84 Å². The number of hydrogen-bond donors (Lipinski definition) is 0. The lowest BCUT2D eigenvalue weighted by Gasteiger charge is -1.88. The van der Waals surface area contributed by atoms with Crippen LogP contribution in [-0.4, -0.2) is 14.7 Å². The summed E-state index contributed by atoms with van der Waals surface area (Å²) in [5.74, 6) is 0. The predicted molar refractivity (Wildman–Crippen MR) is 36.8 cm³/mol. The van der Waals surface area contributed by atoms with Crippen LogP contribution in [0, 0.1) is 0 Å². The van der Waals surface area contributed by atoms with Crippen LogP contribution in [0.4, 0.5) is 0 Å². The summed E-state index contributed by atoms with van der Waals surface area (Å²) in [4.78, 5) is 0.0363. The van der Waals surface area contributed by atoms with E-state index in [1.165, 1.54) is 6.26 Å². The van der Waals surface area contributed by atoms with Crippen molar-refractivity contribution in [1.29, 1.82) is 0 Å². The van der Waals surface area contributed by atoms with Crippen molar-refractivity contribution in [3.05, 3.63) is 17.5 Å². The Bertz CT molecular complexity index is 324. The Balaban J connectivity index is 3.32. The molecule has 0 atom stereocenters.